The van der Waals surface area contributed by atoms with Crippen LogP contribution in [0.25, 0.3) is 0 Å². The van der Waals surface area contributed by atoms with Crippen LogP contribution in [0.4, 0.5) is 10.1 Å². The lowest BCUT2D eigenvalue weighted by Gasteiger charge is -2.09. The average molecular weight is 326 g/mol. The number of nitro benzene ring substituents is 1. The van der Waals surface area contributed by atoms with E-state index in [1.54, 1.807) is 13.0 Å². The van der Waals surface area contributed by atoms with Gasteiger partial charge in [-0.3, -0.25) is 10.1 Å². The van der Waals surface area contributed by atoms with E-state index in [1.807, 2.05) is 0 Å². The molecule has 0 aliphatic carbocycles. The van der Waals surface area contributed by atoms with Crippen LogP contribution < -0.4 is 4.74 Å². The third-order valence-corrected chi connectivity index (χ3v) is 3.11. The van der Waals surface area contributed by atoms with Crippen LogP contribution in [-0.2, 0) is 0 Å². The minimum absolute atomic E-state index is 0.0123. The van der Waals surface area contributed by atoms with Crippen LogP contribution in [-0.4, -0.2) is 4.92 Å². The van der Waals surface area contributed by atoms with Crippen molar-refractivity contribution in [3.63, 3.8) is 0 Å². The molecule has 0 aliphatic rings. The molecule has 6 heteroatoms. The minimum atomic E-state index is -0.457. The zero-order valence-electron chi connectivity index (χ0n) is 9.89. The summed E-state index contributed by atoms with van der Waals surface area (Å²) in [7, 11) is 0. The summed E-state index contributed by atoms with van der Waals surface area (Å²) in [6.07, 6.45) is 0. The Morgan fingerprint density at radius 1 is 1.26 bits per heavy atom. The van der Waals surface area contributed by atoms with Crippen molar-refractivity contribution >= 4 is 21.6 Å². The maximum atomic E-state index is 12.8. The normalized spacial score (nSPS) is 10.3. The van der Waals surface area contributed by atoms with E-state index in [0.717, 1.165) is 0 Å². The first-order valence-corrected chi connectivity index (χ1v) is 6.14. The topological polar surface area (TPSA) is 52.4 Å². The largest absolute Gasteiger partial charge is 0.456 e. The Morgan fingerprint density at radius 3 is 2.47 bits per heavy atom. The van der Waals surface area contributed by atoms with Crippen LogP contribution in [0.15, 0.2) is 40.9 Å². The van der Waals surface area contributed by atoms with E-state index in [4.69, 9.17) is 4.74 Å². The van der Waals surface area contributed by atoms with Gasteiger partial charge in [-0.2, -0.15) is 0 Å². The van der Waals surface area contributed by atoms with Crippen molar-refractivity contribution in [1.82, 2.24) is 0 Å². The molecule has 0 fully saturated rings. The third-order valence-electron chi connectivity index (χ3n) is 2.49. The minimum Gasteiger partial charge on any atom is -0.456 e. The molecule has 98 valence electrons. The first-order chi connectivity index (χ1) is 8.97. The lowest BCUT2D eigenvalue weighted by molar-refractivity contribution is -0.385. The summed E-state index contributed by atoms with van der Waals surface area (Å²) in [5, 5.41) is 10.8. The maximum Gasteiger partial charge on any atom is 0.273 e. The molecule has 0 heterocycles. The first kappa shape index (κ1) is 13.5. The van der Waals surface area contributed by atoms with Crippen molar-refractivity contribution in [3.05, 3.63) is 62.4 Å². The van der Waals surface area contributed by atoms with E-state index >= 15 is 0 Å². The van der Waals surface area contributed by atoms with Crippen LogP contribution >= 0.6 is 15.9 Å². The van der Waals surface area contributed by atoms with Gasteiger partial charge >= 0.3 is 0 Å². The van der Waals surface area contributed by atoms with Gasteiger partial charge in [-0.1, -0.05) is 0 Å². The highest BCUT2D eigenvalue weighted by Crippen LogP contribution is 2.35. The number of nitro groups is 1. The van der Waals surface area contributed by atoms with Crippen LogP contribution in [0, 0.1) is 22.9 Å². The lowest BCUT2D eigenvalue weighted by atomic mass is 10.2. The van der Waals surface area contributed by atoms with E-state index in [-0.39, 0.29) is 11.5 Å². The maximum absolute atomic E-state index is 12.8. The molecule has 0 saturated carbocycles. The second-order valence-electron chi connectivity index (χ2n) is 3.88. The highest BCUT2D eigenvalue weighted by molar-refractivity contribution is 9.10. The molecule has 0 amide bonds. The fourth-order valence-electron chi connectivity index (χ4n) is 1.55. The number of ether oxygens (including phenoxy) is 1. The molecule has 2 rings (SSSR count). The van der Waals surface area contributed by atoms with E-state index in [1.165, 1.54) is 30.3 Å². The molecular formula is C13H9BrFNO3. The Bertz CT molecular complexity index is 629. The van der Waals surface area contributed by atoms with Crippen molar-refractivity contribution in [2.24, 2.45) is 0 Å². The van der Waals surface area contributed by atoms with Gasteiger partial charge in [0.25, 0.3) is 5.69 Å². The molecule has 0 aliphatic heterocycles. The van der Waals surface area contributed by atoms with Gasteiger partial charge in [0.2, 0.25) is 0 Å². The quantitative estimate of drug-likeness (QED) is 0.612. The highest BCUT2D eigenvalue weighted by Gasteiger charge is 2.15. The predicted octanol–water partition coefficient (Wildman–Crippen LogP) is 4.60. The summed E-state index contributed by atoms with van der Waals surface area (Å²) in [4.78, 5) is 10.3. The molecule has 2 aromatic rings. The Kier molecular flexibility index (Phi) is 3.80. The van der Waals surface area contributed by atoms with E-state index in [9.17, 15) is 14.5 Å². The predicted molar refractivity (Wildman–Crippen MR) is 72.0 cm³/mol. The monoisotopic (exact) mass is 325 g/mol. The zero-order chi connectivity index (χ0) is 14.0. The molecule has 0 spiro atoms. The summed E-state index contributed by atoms with van der Waals surface area (Å²) < 4.78 is 18.8. The second-order valence-corrected chi connectivity index (χ2v) is 4.74. The highest BCUT2D eigenvalue weighted by atomic mass is 79.9. The number of nitrogens with zero attached hydrogens (tertiary/aromatic N) is 1. The lowest BCUT2D eigenvalue weighted by Crippen LogP contribution is -1.94. The second kappa shape index (κ2) is 5.36. The van der Waals surface area contributed by atoms with Crippen LogP contribution in [0.5, 0.6) is 11.5 Å². The Hall–Kier alpha value is -1.95. The van der Waals surface area contributed by atoms with Crippen molar-refractivity contribution in [2.75, 3.05) is 0 Å². The molecule has 19 heavy (non-hydrogen) atoms. The van der Waals surface area contributed by atoms with Crippen molar-refractivity contribution in [1.29, 1.82) is 0 Å². The van der Waals surface area contributed by atoms with E-state index in [0.29, 0.717) is 21.5 Å². The van der Waals surface area contributed by atoms with Crippen molar-refractivity contribution < 1.29 is 14.1 Å². The molecule has 4 nitrogen and oxygen atoms in total. The molecule has 0 aromatic heterocycles. The molecule has 0 saturated heterocycles. The van der Waals surface area contributed by atoms with Gasteiger partial charge in [-0.05, 0) is 53.2 Å². The van der Waals surface area contributed by atoms with Gasteiger partial charge in [0.15, 0.2) is 0 Å². The number of aryl methyl sites for hydroxylation is 1. The van der Waals surface area contributed by atoms with Gasteiger partial charge in [-0.15, -0.1) is 0 Å². The Morgan fingerprint density at radius 2 is 1.89 bits per heavy atom. The van der Waals surface area contributed by atoms with Crippen LogP contribution in [0.3, 0.4) is 0 Å². The van der Waals surface area contributed by atoms with Gasteiger partial charge in [0.1, 0.15) is 17.3 Å². The summed E-state index contributed by atoms with van der Waals surface area (Å²) in [5.41, 5.74) is 0.503. The summed E-state index contributed by atoms with van der Waals surface area (Å²) >= 11 is 3.22. The fourth-order valence-corrected chi connectivity index (χ4v) is 1.96. The average Bonchev–Trinajstić information content (AvgIpc) is 2.35. The molecule has 0 unspecified atom stereocenters. The van der Waals surface area contributed by atoms with Crippen LogP contribution in [0.1, 0.15) is 5.56 Å². The third kappa shape index (κ3) is 3.08. The smallest absolute Gasteiger partial charge is 0.273 e. The molecule has 2 aromatic carbocycles. The van der Waals surface area contributed by atoms with Gasteiger partial charge < -0.3 is 4.74 Å². The summed E-state index contributed by atoms with van der Waals surface area (Å²) in [6, 6.07) is 8.47. The van der Waals surface area contributed by atoms with Crippen molar-refractivity contribution in [3.8, 4) is 11.5 Å². The molecular weight excluding hydrogens is 317 g/mol. The van der Waals surface area contributed by atoms with Gasteiger partial charge in [-0.25, -0.2) is 4.39 Å². The summed E-state index contributed by atoms with van der Waals surface area (Å²) in [6.45, 7) is 1.63. The fraction of sp³-hybridized carbons (Fsp3) is 0.0769. The van der Waals surface area contributed by atoms with Gasteiger partial charge in [0, 0.05) is 11.6 Å². The Labute approximate surface area is 117 Å². The number of halogens is 2. The van der Waals surface area contributed by atoms with Gasteiger partial charge in [0.05, 0.1) is 9.40 Å². The first-order valence-electron chi connectivity index (χ1n) is 5.35. The zero-order valence-corrected chi connectivity index (χ0v) is 11.5. The number of benzene rings is 2. The summed E-state index contributed by atoms with van der Waals surface area (Å²) in [5.74, 6) is 0.538. The number of hydrogen-bond donors (Lipinski definition) is 0. The van der Waals surface area contributed by atoms with E-state index < -0.39 is 4.92 Å². The molecule has 0 atom stereocenters. The Balaban J connectivity index is 2.33. The van der Waals surface area contributed by atoms with Crippen molar-refractivity contribution in [2.45, 2.75) is 6.92 Å². The number of hydrogen-bond acceptors (Lipinski definition) is 3. The standard InChI is InChI=1S/C13H9BrFNO3/c1-8-6-13(11(14)7-12(8)16(17)18)19-10-4-2-9(15)3-5-10/h2-7H,1H3. The van der Waals surface area contributed by atoms with E-state index in [2.05, 4.69) is 15.9 Å². The van der Waals surface area contributed by atoms with Crippen LogP contribution in [0.2, 0.25) is 0 Å². The SMILES string of the molecule is Cc1cc(Oc2ccc(F)cc2)c(Br)cc1[N+](=O)[O-]. The number of rotatable bonds is 3. The molecule has 0 radical (unpaired) electrons. The molecule has 0 bridgehead atoms. The molecule has 0 N–H and O–H groups in total.